The van der Waals surface area contributed by atoms with Crippen molar-refractivity contribution in [2.45, 2.75) is 0 Å². The van der Waals surface area contributed by atoms with Crippen molar-refractivity contribution in [3.8, 4) is 33.4 Å². The van der Waals surface area contributed by atoms with Crippen LogP contribution in [0.15, 0.2) is 221 Å². The molecule has 0 fully saturated rings. The molecular weight excluding hydrogens is 775 g/mol. The first-order valence-corrected chi connectivity index (χ1v) is 21.8. The van der Waals surface area contributed by atoms with E-state index in [1.807, 2.05) is 23.5 Å². The van der Waals surface area contributed by atoms with E-state index in [2.05, 4.69) is 205 Å². The van der Waals surface area contributed by atoms with Crippen LogP contribution in [0.5, 0.6) is 0 Å². The lowest BCUT2D eigenvalue weighted by molar-refractivity contribution is 0.669. The third-order valence-electron chi connectivity index (χ3n) is 12.5. The summed E-state index contributed by atoms with van der Waals surface area (Å²) in [4.78, 5) is 2.35. The topological polar surface area (TPSA) is 29.5 Å². The normalized spacial score (nSPS) is 11.9. The summed E-state index contributed by atoms with van der Waals surface area (Å²) in [6.45, 7) is 0. The molecule has 0 radical (unpaired) electrons. The molecule has 0 amide bonds. The lowest BCUT2D eigenvalue weighted by atomic mass is 9.97. The van der Waals surface area contributed by atoms with Crippen LogP contribution in [0.2, 0.25) is 0 Å². The average molecular weight is 810 g/mol. The number of nitrogens with zero attached hydrogens (tertiary/aromatic N) is 1. The zero-order valence-electron chi connectivity index (χ0n) is 33.4. The summed E-state index contributed by atoms with van der Waals surface area (Å²) in [7, 11) is 0. The van der Waals surface area contributed by atoms with Gasteiger partial charge in [0.05, 0.1) is 0 Å². The van der Waals surface area contributed by atoms with Gasteiger partial charge in [0, 0.05) is 64.2 Å². The molecule has 0 atom stereocenters. The minimum absolute atomic E-state index is 0.894. The second-order valence-corrected chi connectivity index (χ2v) is 17.1. The molecule has 3 aromatic heterocycles. The van der Waals surface area contributed by atoms with Crippen molar-refractivity contribution < 1.29 is 8.83 Å². The van der Waals surface area contributed by atoms with Crippen LogP contribution < -0.4 is 4.90 Å². The Hall–Kier alpha value is -7.92. The highest BCUT2D eigenvalue weighted by atomic mass is 32.1. The molecule has 13 aromatic rings. The molecule has 0 N–H and O–H groups in total. The third kappa shape index (κ3) is 5.51. The number of para-hydroxylation sites is 1. The Morgan fingerprint density at radius 1 is 0.323 bits per heavy atom. The van der Waals surface area contributed by atoms with E-state index in [-0.39, 0.29) is 0 Å². The van der Waals surface area contributed by atoms with Gasteiger partial charge < -0.3 is 13.7 Å². The Labute approximate surface area is 360 Å². The lowest BCUT2D eigenvalue weighted by Crippen LogP contribution is -2.09. The van der Waals surface area contributed by atoms with Crippen LogP contribution in [0.3, 0.4) is 0 Å². The van der Waals surface area contributed by atoms with Gasteiger partial charge in [-0.25, -0.2) is 0 Å². The first-order valence-electron chi connectivity index (χ1n) is 21.0. The Balaban J connectivity index is 0.909. The van der Waals surface area contributed by atoms with Gasteiger partial charge in [-0.15, -0.1) is 11.3 Å². The molecule has 290 valence electrons. The van der Waals surface area contributed by atoms with E-state index in [9.17, 15) is 0 Å². The minimum Gasteiger partial charge on any atom is -0.456 e. The molecule has 0 saturated heterocycles. The van der Waals surface area contributed by atoms with E-state index in [0.717, 1.165) is 88.6 Å². The van der Waals surface area contributed by atoms with Gasteiger partial charge in [0.1, 0.15) is 22.3 Å². The van der Waals surface area contributed by atoms with E-state index < -0.39 is 0 Å². The van der Waals surface area contributed by atoms with Crippen LogP contribution in [-0.2, 0) is 0 Å². The molecule has 13 rings (SSSR count). The summed E-state index contributed by atoms with van der Waals surface area (Å²) in [5, 5.41) is 9.47. The summed E-state index contributed by atoms with van der Waals surface area (Å²) in [6, 6.07) is 76.2. The van der Waals surface area contributed by atoms with Gasteiger partial charge in [0.15, 0.2) is 0 Å². The predicted octanol–water partition coefficient (Wildman–Crippen LogP) is 17.5. The molecule has 62 heavy (non-hydrogen) atoms. The van der Waals surface area contributed by atoms with Gasteiger partial charge in [-0.2, -0.15) is 0 Å². The monoisotopic (exact) mass is 809 g/mol. The molecule has 0 spiro atoms. The number of anilines is 3. The predicted molar refractivity (Wildman–Crippen MR) is 262 cm³/mol. The number of rotatable bonds is 6. The standard InChI is InChI=1S/C58H35NO2S/c1-2-10-46-37(9-1)25-34-50-57-45(14-8-17-53(57)61-58(46)50)39-23-31-43(32-24-39)59(41-27-19-36(20-28-41)40-26-33-48-47-11-4-6-18-54(47)62-55(48)35-40)42-29-21-38(22-30-42)44-13-7-16-52-56(44)49-12-3-5-15-51(49)60-52/h1-35H. The maximum Gasteiger partial charge on any atom is 0.143 e. The van der Waals surface area contributed by atoms with Crippen molar-refractivity contribution in [2.75, 3.05) is 4.90 Å². The smallest absolute Gasteiger partial charge is 0.143 e. The van der Waals surface area contributed by atoms with E-state index in [1.165, 1.54) is 36.7 Å². The Bertz CT molecular complexity index is 3850. The molecular formula is C58H35NO2S. The highest BCUT2D eigenvalue weighted by molar-refractivity contribution is 7.25. The van der Waals surface area contributed by atoms with Gasteiger partial charge in [-0.05, 0) is 112 Å². The van der Waals surface area contributed by atoms with Crippen molar-refractivity contribution in [2.24, 2.45) is 0 Å². The summed E-state index contributed by atoms with van der Waals surface area (Å²) < 4.78 is 15.4. The Morgan fingerprint density at radius 2 is 0.839 bits per heavy atom. The van der Waals surface area contributed by atoms with Crippen molar-refractivity contribution in [3.05, 3.63) is 212 Å². The van der Waals surface area contributed by atoms with Crippen LogP contribution in [-0.4, -0.2) is 0 Å². The first-order chi connectivity index (χ1) is 30.7. The van der Waals surface area contributed by atoms with Crippen LogP contribution in [0.4, 0.5) is 17.1 Å². The lowest BCUT2D eigenvalue weighted by Gasteiger charge is -2.26. The third-order valence-corrected chi connectivity index (χ3v) is 13.6. The maximum absolute atomic E-state index is 6.55. The number of thiophene rings is 1. The molecule has 0 aliphatic heterocycles. The second-order valence-electron chi connectivity index (χ2n) is 16.0. The quantitative estimate of drug-likeness (QED) is 0.168. The fraction of sp³-hybridized carbons (Fsp3) is 0. The molecule has 0 aliphatic carbocycles. The number of benzene rings is 10. The van der Waals surface area contributed by atoms with Crippen molar-refractivity contribution in [1.29, 1.82) is 0 Å². The van der Waals surface area contributed by atoms with Crippen molar-refractivity contribution in [3.63, 3.8) is 0 Å². The zero-order chi connectivity index (χ0) is 40.7. The fourth-order valence-corrected chi connectivity index (χ4v) is 10.7. The molecule has 3 heterocycles. The molecule has 0 bridgehead atoms. The van der Waals surface area contributed by atoms with Gasteiger partial charge in [0.2, 0.25) is 0 Å². The SMILES string of the molecule is c1ccc2c(c1)ccc1c2oc2cccc(-c3ccc(N(c4ccc(-c5ccc6c(c5)sc5ccccc56)cc4)c4ccc(-c5cccc6oc7ccccc7c56)cc4)cc3)c21. The van der Waals surface area contributed by atoms with Crippen LogP contribution in [0.1, 0.15) is 0 Å². The van der Waals surface area contributed by atoms with E-state index in [4.69, 9.17) is 8.83 Å². The van der Waals surface area contributed by atoms with E-state index in [1.54, 1.807) is 0 Å². The van der Waals surface area contributed by atoms with E-state index in [0.29, 0.717) is 0 Å². The number of hydrogen-bond donors (Lipinski definition) is 0. The highest BCUT2D eigenvalue weighted by Gasteiger charge is 2.18. The number of hydrogen-bond acceptors (Lipinski definition) is 4. The minimum atomic E-state index is 0.894. The van der Waals surface area contributed by atoms with Gasteiger partial charge >= 0.3 is 0 Å². The zero-order valence-corrected chi connectivity index (χ0v) is 34.2. The Kier molecular flexibility index (Phi) is 7.78. The van der Waals surface area contributed by atoms with Crippen molar-refractivity contribution >= 4 is 103 Å². The second kappa shape index (κ2) is 13.8. The van der Waals surface area contributed by atoms with Crippen molar-refractivity contribution in [1.82, 2.24) is 0 Å². The average Bonchev–Trinajstić information content (AvgIpc) is 4.04. The molecule has 0 unspecified atom stereocenters. The molecule has 0 saturated carbocycles. The molecule has 3 nitrogen and oxygen atoms in total. The van der Waals surface area contributed by atoms with Crippen LogP contribution in [0, 0.1) is 0 Å². The van der Waals surface area contributed by atoms with Gasteiger partial charge in [-0.1, -0.05) is 140 Å². The summed E-state index contributed by atoms with van der Waals surface area (Å²) in [6.07, 6.45) is 0. The molecule has 0 aliphatic rings. The van der Waals surface area contributed by atoms with Gasteiger partial charge in [-0.3, -0.25) is 0 Å². The Morgan fingerprint density at radius 3 is 1.55 bits per heavy atom. The van der Waals surface area contributed by atoms with Crippen LogP contribution >= 0.6 is 11.3 Å². The summed E-state index contributed by atoms with van der Waals surface area (Å²) >= 11 is 1.86. The van der Waals surface area contributed by atoms with Crippen LogP contribution in [0.25, 0.3) is 108 Å². The van der Waals surface area contributed by atoms with E-state index >= 15 is 0 Å². The molecule has 4 heteroatoms. The number of fused-ring (bicyclic) bond motifs is 11. The maximum atomic E-state index is 6.55. The van der Waals surface area contributed by atoms with Gasteiger partial charge in [0.25, 0.3) is 0 Å². The molecule has 10 aromatic carbocycles. The highest BCUT2D eigenvalue weighted by Crippen LogP contribution is 2.43. The largest absolute Gasteiger partial charge is 0.456 e. The first kappa shape index (κ1) is 34.9. The fourth-order valence-electron chi connectivity index (χ4n) is 9.55. The summed E-state index contributed by atoms with van der Waals surface area (Å²) in [5.74, 6) is 0. The number of furan rings is 2. The summed E-state index contributed by atoms with van der Waals surface area (Å²) in [5.41, 5.74) is 13.8.